The molecule has 0 aromatic carbocycles. The van der Waals surface area contributed by atoms with Gasteiger partial charge in [-0.05, 0) is 24.7 Å². The molecule has 0 aliphatic rings. The van der Waals surface area contributed by atoms with E-state index >= 15 is 0 Å². The van der Waals surface area contributed by atoms with Gasteiger partial charge in [-0.2, -0.15) is 5.10 Å². The summed E-state index contributed by atoms with van der Waals surface area (Å²) in [6, 6.07) is 1.88. The number of thiocarbonyl (C=S) groups is 1. The van der Waals surface area contributed by atoms with Crippen LogP contribution in [0, 0.1) is 0 Å². The Bertz CT molecular complexity index is 708. The van der Waals surface area contributed by atoms with E-state index in [1.807, 2.05) is 17.7 Å². The maximum Gasteiger partial charge on any atom is 0.186 e. The number of hydrogen-bond acceptors (Lipinski definition) is 5. The third kappa shape index (κ3) is 4.56. The zero-order chi connectivity index (χ0) is 16.8. The van der Waals surface area contributed by atoms with E-state index in [0.29, 0.717) is 5.69 Å². The van der Waals surface area contributed by atoms with E-state index in [-0.39, 0.29) is 5.11 Å². The Balaban J connectivity index is 2.37. The van der Waals surface area contributed by atoms with Crippen LogP contribution in [0.5, 0.6) is 0 Å². The molecule has 0 amide bonds. The minimum atomic E-state index is 0.202. The van der Waals surface area contributed by atoms with Crippen LogP contribution >= 0.6 is 12.2 Å². The van der Waals surface area contributed by atoms with Crippen molar-refractivity contribution in [3.8, 4) is 11.4 Å². The molecule has 7 nitrogen and oxygen atoms in total. The SMILES string of the molecule is CCCCc1nc(C=NN(C)C(N)=S)cc(-c2cncn2C)n1. The summed E-state index contributed by atoms with van der Waals surface area (Å²) < 4.78 is 1.92. The molecular formula is C15H21N7S. The molecule has 2 aromatic rings. The molecule has 2 heterocycles. The summed E-state index contributed by atoms with van der Waals surface area (Å²) in [4.78, 5) is 13.3. The number of aromatic nitrogens is 4. The average molecular weight is 331 g/mol. The van der Waals surface area contributed by atoms with Crippen molar-refractivity contribution in [2.24, 2.45) is 17.9 Å². The van der Waals surface area contributed by atoms with Gasteiger partial charge >= 0.3 is 0 Å². The van der Waals surface area contributed by atoms with E-state index in [9.17, 15) is 0 Å². The van der Waals surface area contributed by atoms with E-state index in [1.54, 1.807) is 25.8 Å². The van der Waals surface area contributed by atoms with Gasteiger partial charge in [0.2, 0.25) is 0 Å². The maximum absolute atomic E-state index is 5.52. The highest BCUT2D eigenvalue weighted by Gasteiger charge is 2.09. The second-order valence-electron chi connectivity index (χ2n) is 5.19. The summed E-state index contributed by atoms with van der Waals surface area (Å²) >= 11 is 4.87. The van der Waals surface area contributed by atoms with Crippen LogP contribution in [0.2, 0.25) is 0 Å². The van der Waals surface area contributed by atoms with Gasteiger partial charge in [0.1, 0.15) is 5.82 Å². The Morgan fingerprint density at radius 3 is 2.87 bits per heavy atom. The van der Waals surface area contributed by atoms with Crippen LogP contribution in [-0.2, 0) is 13.5 Å². The second kappa shape index (κ2) is 7.77. The fourth-order valence-corrected chi connectivity index (χ4v) is 2.02. The Morgan fingerprint density at radius 2 is 2.26 bits per heavy atom. The summed E-state index contributed by atoms with van der Waals surface area (Å²) in [5.41, 5.74) is 7.99. The summed E-state index contributed by atoms with van der Waals surface area (Å²) in [7, 11) is 3.63. The molecule has 0 atom stereocenters. The van der Waals surface area contributed by atoms with Crippen molar-refractivity contribution in [3.63, 3.8) is 0 Å². The molecule has 2 N–H and O–H groups in total. The van der Waals surface area contributed by atoms with Gasteiger partial charge in [0.05, 0.1) is 35.8 Å². The molecule has 0 fully saturated rings. The van der Waals surface area contributed by atoms with Gasteiger partial charge in [0.25, 0.3) is 0 Å². The van der Waals surface area contributed by atoms with Crippen LogP contribution in [0.15, 0.2) is 23.7 Å². The topological polar surface area (TPSA) is 85.2 Å². The van der Waals surface area contributed by atoms with Crippen molar-refractivity contribution in [2.75, 3.05) is 7.05 Å². The largest absolute Gasteiger partial charge is 0.375 e. The highest BCUT2D eigenvalue weighted by molar-refractivity contribution is 7.80. The van der Waals surface area contributed by atoms with Gasteiger partial charge in [0.15, 0.2) is 5.11 Å². The van der Waals surface area contributed by atoms with Crippen molar-refractivity contribution in [2.45, 2.75) is 26.2 Å². The van der Waals surface area contributed by atoms with Crippen LogP contribution in [-0.4, -0.2) is 42.9 Å². The normalized spacial score (nSPS) is 11.1. The first-order valence-corrected chi connectivity index (χ1v) is 7.84. The third-order valence-corrected chi connectivity index (χ3v) is 3.57. The molecule has 23 heavy (non-hydrogen) atoms. The third-order valence-electron chi connectivity index (χ3n) is 3.31. The van der Waals surface area contributed by atoms with Crippen LogP contribution in [0.3, 0.4) is 0 Å². The van der Waals surface area contributed by atoms with Gasteiger partial charge < -0.3 is 10.3 Å². The number of unbranched alkanes of at least 4 members (excludes halogenated alkanes) is 1. The first-order valence-electron chi connectivity index (χ1n) is 7.43. The highest BCUT2D eigenvalue weighted by atomic mass is 32.1. The van der Waals surface area contributed by atoms with Crippen molar-refractivity contribution < 1.29 is 0 Å². The fourth-order valence-electron chi connectivity index (χ4n) is 1.97. The van der Waals surface area contributed by atoms with Crippen LogP contribution < -0.4 is 5.73 Å². The Labute approximate surface area is 141 Å². The quantitative estimate of drug-likeness (QED) is 0.493. The molecule has 2 aromatic heterocycles. The zero-order valence-corrected chi connectivity index (χ0v) is 14.4. The monoisotopic (exact) mass is 331 g/mol. The lowest BCUT2D eigenvalue weighted by Gasteiger charge is -2.09. The molecule has 0 unspecified atom stereocenters. The Morgan fingerprint density at radius 1 is 1.48 bits per heavy atom. The van der Waals surface area contributed by atoms with E-state index < -0.39 is 0 Å². The maximum atomic E-state index is 5.52. The molecule has 0 radical (unpaired) electrons. The smallest absolute Gasteiger partial charge is 0.186 e. The lowest BCUT2D eigenvalue weighted by atomic mass is 10.2. The van der Waals surface area contributed by atoms with Crippen LogP contribution in [0.25, 0.3) is 11.4 Å². The minimum absolute atomic E-state index is 0.202. The van der Waals surface area contributed by atoms with E-state index in [4.69, 9.17) is 18.0 Å². The van der Waals surface area contributed by atoms with Gasteiger partial charge in [-0.3, -0.25) is 0 Å². The number of hydrogen-bond donors (Lipinski definition) is 1. The summed E-state index contributed by atoms with van der Waals surface area (Å²) in [5.74, 6) is 0.796. The molecule has 0 aliphatic heterocycles. The fraction of sp³-hybridized carbons (Fsp3) is 0.400. The standard InChI is InChI=1S/C15H21N7S/c1-4-5-6-14-19-11(8-18-22(3)15(16)23)7-12(20-14)13-9-17-10-21(13)2/h7-10H,4-6H2,1-3H3,(H2,16,23). The second-order valence-corrected chi connectivity index (χ2v) is 5.61. The number of aryl methyl sites for hydroxylation is 2. The predicted molar refractivity (Wildman–Crippen MR) is 95.0 cm³/mol. The molecule has 0 spiro atoms. The number of imidazole rings is 1. The van der Waals surface area contributed by atoms with E-state index in [1.165, 1.54) is 5.01 Å². The van der Waals surface area contributed by atoms with Crippen LogP contribution in [0.1, 0.15) is 31.3 Å². The van der Waals surface area contributed by atoms with Crippen LogP contribution in [0.4, 0.5) is 0 Å². The van der Waals surface area contributed by atoms with E-state index in [0.717, 1.165) is 36.5 Å². The summed E-state index contributed by atoms with van der Waals surface area (Å²) in [6.45, 7) is 2.14. The zero-order valence-electron chi connectivity index (χ0n) is 13.6. The predicted octanol–water partition coefficient (Wildman–Crippen LogP) is 1.73. The number of nitrogens with zero attached hydrogens (tertiary/aromatic N) is 6. The number of rotatable bonds is 6. The van der Waals surface area contributed by atoms with Crippen molar-refractivity contribution >= 4 is 23.5 Å². The molecule has 2 rings (SSSR count). The minimum Gasteiger partial charge on any atom is -0.375 e. The van der Waals surface area contributed by atoms with Crippen molar-refractivity contribution in [3.05, 3.63) is 30.1 Å². The van der Waals surface area contributed by atoms with Gasteiger partial charge in [-0.15, -0.1) is 0 Å². The summed E-state index contributed by atoms with van der Waals surface area (Å²) in [5, 5.41) is 5.82. The Hall–Kier alpha value is -2.35. The van der Waals surface area contributed by atoms with Gasteiger partial charge in [0, 0.05) is 20.5 Å². The van der Waals surface area contributed by atoms with Crippen molar-refractivity contribution in [1.29, 1.82) is 0 Å². The number of nitrogens with two attached hydrogens (primary N) is 1. The molecule has 0 aliphatic carbocycles. The van der Waals surface area contributed by atoms with Crippen molar-refractivity contribution in [1.82, 2.24) is 24.5 Å². The molecule has 0 bridgehead atoms. The van der Waals surface area contributed by atoms with Gasteiger partial charge in [-0.25, -0.2) is 20.0 Å². The first-order chi connectivity index (χ1) is 11.0. The number of hydrazone groups is 1. The van der Waals surface area contributed by atoms with Gasteiger partial charge in [-0.1, -0.05) is 13.3 Å². The molecule has 0 saturated heterocycles. The Kier molecular flexibility index (Phi) is 5.75. The lowest BCUT2D eigenvalue weighted by molar-refractivity contribution is 0.552. The first kappa shape index (κ1) is 17.0. The average Bonchev–Trinajstić information content (AvgIpc) is 2.96. The molecule has 122 valence electrons. The molecule has 0 saturated carbocycles. The van der Waals surface area contributed by atoms with E-state index in [2.05, 4.69) is 27.0 Å². The molecule has 8 heteroatoms. The highest BCUT2D eigenvalue weighted by Crippen LogP contribution is 2.17. The molecular weight excluding hydrogens is 310 g/mol. The lowest BCUT2D eigenvalue weighted by Crippen LogP contribution is -2.27. The summed E-state index contributed by atoms with van der Waals surface area (Å²) in [6.07, 6.45) is 8.13.